The molecule has 0 bridgehead atoms. The number of hydrogen-bond donors (Lipinski definition) is 0. The molecule has 0 nitrogen and oxygen atoms in total. The van der Waals surface area contributed by atoms with E-state index >= 15 is 0 Å². The van der Waals surface area contributed by atoms with E-state index in [0.717, 1.165) is 18.8 Å². The van der Waals surface area contributed by atoms with Crippen LogP contribution in [0.25, 0.3) is 0 Å². The fourth-order valence-corrected chi connectivity index (χ4v) is 5.45. The number of halogens is 3. The topological polar surface area (TPSA) is 0 Å². The Morgan fingerprint density at radius 1 is 0.792 bits per heavy atom. The Balaban J connectivity index is 1.79. The van der Waals surface area contributed by atoms with Crippen molar-refractivity contribution in [3.8, 4) is 0 Å². The van der Waals surface area contributed by atoms with Crippen molar-refractivity contribution in [1.29, 1.82) is 0 Å². The zero-order chi connectivity index (χ0) is 17.6. The van der Waals surface area contributed by atoms with Crippen molar-refractivity contribution in [3.63, 3.8) is 0 Å². The first kappa shape index (κ1) is 20.1. The van der Waals surface area contributed by atoms with E-state index in [4.69, 9.17) is 0 Å². The first-order valence-electron chi connectivity index (χ1n) is 10.5. The molecule has 0 amide bonds. The normalized spacial score (nSPS) is 35.1. The van der Waals surface area contributed by atoms with Crippen molar-refractivity contribution in [1.82, 2.24) is 0 Å². The van der Waals surface area contributed by atoms with E-state index in [9.17, 15) is 13.2 Å². The van der Waals surface area contributed by atoms with Crippen LogP contribution in [-0.4, -0.2) is 6.18 Å². The number of rotatable bonds is 7. The number of unbranched alkanes of at least 4 members (excludes halogenated alkanes) is 2. The molecule has 142 valence electrons. The SMILES string of the molecule is CCCCCC1CCC([C@H]2CC[C@@](CCC)(C(F)(F)F)CC2)CC1. The minimum Gasteiger partial charge on any atom is -0.171 e. The highest BCUT2D eigenvalue weighted by molar-refractivity contribution is 4.93. The molecule has 0 aromatic heterocycles. The summed E-state index contributed by atoms with van der Waals surface area (Å²) in [5.74, 6) is 2.17. The second kappa shape index (κ2) is 8.94. The average Bonchev–Trinajstić information content (AvgIpc) is 2.56. The van der Waals surface area contributed by atoms with Crippen LogP contribution in [0.3, 0.4) is 0 Å². The summed E-state index contributed by atoms with van der Waals surface area (Å²) in [6.07, 6.45) is 9.91. The van der Waals surface area contributed by atoms with Gasteiger partial charge in [0, 0.05) is 0 Å². The molecular weight excluding hydrogens is 309 g/mol. The van der Waals surface area contributed by atoms with Crippen LogP contribution in [-0.2, 0) is 0 Å². The van der Waals surface area contributed by atoms with Crippen LogP contribution in [0, 0.1) is 23.2 Å². The zero-order valence-electron chi connectivity index (χ0n) is 15.8. The molecular formula is C21H37F3. The van der Waals surface area contributed by atoms with Crippen LogP contribution in [0.15, 0.2) is 0 Å². The van der Waals surface area contributed by atoms with Gasteiger partial charge in [-0.2, -0.15) is 13.2 Å². The maximum Gasteiger partial charge on any atom is 0.394 e. The lowest BCUT2D eigenvalue weighted by Crippen LogP contribution is -2.42. The van der Waals surface area contributed by atoms with Crippen LogP contribution in [0.4, 0.5) is 13.2 Å². The second-order valence-electron chi connectivity index (χ2n) is 8.64. The van der Waals surface area contributed by atoms with Crippen LogP contribution in [0.1, 0.15) is 104 Å². The molecule has 3 heteroatoms. The van der Waals surface area contributed by atoms with Gasteiger partial charge in [-0.25, -0.2) is 0 Å². The fourth-order valence-electron chi connectivity index (χ4n) is 5.45. The van der Waals surface area contributed by atoms with Gasteiger partial charge in [0.2, 0.25) is 0 Å². The van der Waals surface area contributed by atoms with Crippen LogP contribution < -0.4 is 0 Å². The lowest BCUT2D eigenvalue weighted by Gasteiger charge is -2.44. The van der Waals surface area contributed by atoms with Gasteiger partial charge in [0.15, 0.2) is 0 Å². The van der Waals surface area contributed by atoms with E-state index in [2.05, 4.69) is 6.92 Å². The minimum absolute atomic E-state index is 0.327. The maximum absolute atomic E-state index is 13.6. The molecule has 0 aliphatic heterocycles. The summed E-state index contributed by atoms with van der Waals surface area (Å²) in [7, 11) is 0. The minimum atomic E-state index is -4.01. The van der Waals surface area contributed by atoms with Gasteiger partial charge in [0.1, 0.15) is 0 Å². The van der Waals surface area contributed by atoms with Gasteiger partial charge >= 0.3 is 6.18 Å². The fraction of sp³-hybridized carbons (Fsp3) is 1.00. The predicted molar refractivity (Wildman–Crippen MR) is 94.9 cm³/mol. The Labute approximate surface area is 147 Å². The summed E-state index contributed by atoms with van der Waals surface area (Å²) in [4.78, 5) is 0. The molecule has 0 aromatic carbocycles. The van der Waals surface area contributed by atoms with Crippen molar-refractivity contribution in [3.05, 3.63) is 0 Å². The lowest BCUT2D eigenvalue weighted by atomic mass is 9.62. The molecule has 24 heavy (non-hydrogen) atoms. The second-order valence-corrected chi connectivity index (χ2v) is 8.64. The van der Waals surface area contributed by atoms with Gasteiger partial charge in [-0.05, 0) is 62.7 Å². The van der Waals surface area contributed by atoms with Crippen LogP contribution in [0.2, 0.25) is 0 Å². The average molecular weight is 347 g/mol. The van der Waals surface area contributed by atoms with E-state index in [-0.39, 0.29) is 0 Å². The Morgan fingerprint density at radius 2 is 1.38 bits per heavy atom. The summed E-state index contributed by atoms with van der Waals surface area (Å²) in [6.45, 7) is 4.14. The van der Waals surface area contributed by atoms with Crippen LogP contribution >= 0.6 is 0 Å². The smallest absolute Gasteiger partial charge is 0.171 e. The molecule has 0 N–H and O–H groups in total. The number of alkyl halides is 3. The Kier molecular flexibility index (Phi) is 7.49. The van der Waals surface area contributed by atoms with E-state index in [0.29, 0.717) is 37.5 Å². The van der Waals surface area contributed by atoms with Gasteiger partial charge in [-0.3, -0.25) is 0 Å². The van der Waals surface area contributed by atoms with E-state index < -0.39 is 11.6 Å². The molecule has 0 saturated heterocycles. The van der Waals surface area contributed by atoms with Gasteiger partial charge in [0.05, 0.1) is 5.41 Å². The Hall–Kier alpha value is -0.210. The highest BCUT2D eigenvalue weighted by Crippen LogP contribution is 2.55. The summed E-state index contributed by atoms with van der Waals surface area (Å²) >= 11 is 0. The molecule has 2 fully saturated rings. The van der Waals surface area contributed by atoms with Gasteiger partial charge in [-0.15, -0.1) is 0 Å². The summed E-state index contributed by atoms with van der Waals surface area (Å²) < 4.78 is 40.7. The predicted octanol–water partition coefficient (Wildman–Crippen LogP) is 7.91. The van der Waals surface area contributed by atoms with Crippen LogP contribution in [0.5, 0.6) is 0 Å². The van der Waals surface area contributed by atoms with Crippen molar-refractivity contribution >= 4 is 0 Å². The van der Waals surface area contributed by atoms with E-state index in [1.165, 1.54) is 51.4 Å². The Morgan fingerprint density at radius 3 is 1.88 bits per heavy atom. The molecule has 0 heterocycles. The van der Waals surface area contributed by atoms with E-state index in [1.807, 2.05) is 6.92 Å². The largest absolute Gasteiger partial charge is 0.394 e. The third-order valence-electron chi connectivity index (χ3n) is 7.09. The molecule has 0 atom stereocenters. The highest BCUT2D eigenvalue weighted by Gasteiger charge is 2.55. The van der Waals surface area contributed by atoms with Crippen molar-refractivity contribution in [2.75, 3.05) is 0 Å². The highest BCUT2D eigenvalue weighted by atomic mass is 19.4. The van der Waals surface area contributed by atoms with E-state index in [1.54, 1.807) is 0 Å². The van der Waals surface area contributed by atoms with Crippen molar-refractivity contribution in [2.24, 2.45) is 23.2 Å². The molecule has 2 aliphatic carbocycles. The monoisotopic (exact) mass is 346 g/mol. The molecule has 0 unspecified atom stereocenters. The molecule has 2 saturated carbocycles. The molecule has 2 rings (SSSR count). The quantitative estimate of drug-likeness (QED) is 0.411. The van der Waals surface area contributed by atoms with Crippen molar-refractivity contribution < 1.29 is 13.2 Å². The zero-order valence-corrected chi connectivity index (χ0v) is 15.8. The number of hydrogen-bond acceptors (Lipinski definition) is 0. The summed E-state index contributed by atoms with van der Waals surface area (Å²) in [6, 6.07) is 0. The summed E-state index contributed by atoms with van der Waals surface area (Å²) in [5.41, 5.74) is -1.37. The van der Waals surface area contributed by atoms with Gasteiger partial charge in [-0.1, -0.05) is 58.8 Å². The standard InChI is InChI=1S/C21H37F3/c1-3-5-6-7-17-8-10-18(11-9-17)19-12-15-20(14-4-2,16-13-19)21(22,23)24/h17-19H,3-16H2,1-2H3/t17?,18?,19-,20+. The van der Waals surface area contributed by atoms with Gasteiger partial charge < -0.3 is 0 Å². The van der Waals surface area contributed by atoms with Gasteiger partial charge in [0.25, 0.3) is 0 Å². The summed E-state index contributed by atoms with van der Waals surface area (Å²) in [5, 5.41) is 0. The maximum atomic E-state index is 13.6. The molecule has 0 radical (unpaired) electrons. The molecule has 0 aromatic rings. The first-order chi connectivity index (χ1) is 11.4. The lowest BCUT2D eigenvalue weighted by molar-refractivity contribution is -0.241. The third kappa shape index (κ3) is 4.91. The Bertz CT molecular complexity index is 345. The van der Waals surface area contributed by atoms with Crippen molar-refractivity contribution in [2.45, 2.75) is 110 Å². The third-order valence-corrected chi connectivity index (χ3v) is 7.09. The first-order valence-corrected chi connectivity index (χ1v) is 10.5. The molecule has 0 spiro atoms. The molecule has 2 aliphatic rings.